The number of ether oxygens (including phenoxy) is 3. The summed E-state index contributed by atoms with van der Waals surface area (Å²) >= 11 is 0. The van der Waals surface area contributed by atoms with Crippen molar-refractivity contribution in [3.63, 3.8) is 0 Å². The zero-order valence-corrected chi connectivity index (χ0v) is 12.8. The monoisotopic (exact) mass is 363 g/mol. The topological polar surface area (TPSA) is 57.7 Å². The van der Waals surface area contributed by atoms with Crippen LogP contribution in [0.3, 0.4) is 0 Å². The quantitative estimate of drug-likeness (QED) is 0.608. The van der Waals surface area contributed by atoms with Crippen molar-refractivity contribution < 1.29 is 41.0 Å². The first-order chi connectivity index (χ1) is 11.7. The van der Waals surface area contributed by atoms with E-state index in [0.717, 1.165) is 26.4 Å². The second-order valence-corrected chi connectivity index (χ2v) is 4.55. The third-order valence-corrected chi connectivity index (χ3v) is 3.00. The van der Waals surface area contributed by atoms with Gasteiger partial charge in [0.1, 0.15) is 11.3 Å². The van der Waals surface area contributed by atoms with Crippen molar-refractivity contribution in [1.82, 2.24) is 4.98 Å². The normalized spacial score (nSPS) is 11.2. The Morgan fingerprint density at radius 2 is 1.80 bits per heavy atom. The van der Waals surface area contributed by atoms with E-state index >= 15 is 0 Å². The third-order valence-electron chi connectivity index (χ3n) is 3.00. The van der Waals surface area contributed by atoms with Crippen LogP contribution in [0.2, 0.25) is 0 Å². The maximum Gasteiger partial charge on any atom is 0.433 e. The lowest BCUT2D eigenvalue weighted by molar-refractivity contribution is -0.141. The molecule has 1 aromatic heterocycles. The van der Waals surface area contributed by atoms with E-state index in [0.29, 0.717) is 12.3 Å². The van der Waals surface area contributed by atoms with Crippen molar-refractivity contribution >= 4 is 5.97 Å². The number of pyridine rings is 1. The van der Waals surface area contributed by atoms with Gasteiger partial charge >= 0.3 is 12.1 Å². The summed E-state index contributed by atoms with van der Waals surface area (Å²) in [7, 11) is 1.99. The van der Waals surface area contributed by atoms with Crippen molar-refractivity contribution in [2.75, 3.05) is 14.2 Å². The molecule has 1 heterocycles. The molecule has 0 radical (unpaired) electrons. The third kappa shape index (κ3) is 3.78. The van der Waals surface area contributed by atoms with Crippen LogP contribution in [-0.4, -0.2) is 25.2 Å². The number of nitrogens with zero attached hydrogens (tertiary/aromatic N) is 1. The number of benzene rings is 1. The Morgan fingerprint density at radius 1 is 1.12 bits per heavy atom. The Morgan fingerprint density at radius 3 is 2.36 bits per heavy atom. The van der Waals surface area contributed by atoms with Gasteiger partial charge < -0.3 is 14.2 Å². The van der Waals surface area contributed by atoms with Crippen LogP contribution in [0.5, 0.6) is 17.2 Å². The highest BCUT2D eigenvalue weighted by molar-refractivity contribution is 5.92. The summed E-state index contributed by atoms with van der Waals surface area (Å²) < 4.78 is 79.4. The van der Waals surface area contributed by atoms with Crippen LogP contribution in [0.25, 0.3) is 0 Å². The van der Waals surface area contributed by atoms with Crippen molar-refractivity contribution in [2.24, 2.45) is 0 Å². The Bertz CT molecular complexity index is 807. The average Bonchev–Trinajstić information content (AvgIpc) is 2.57. The molecule has 0 aliphatic heterocycles. The highest BCUT2D eigenvalue weighted by atomic mass is 19.4. The van der Waals surface area contributed by atoms with Gasteiger partial charge in [-0.05, 0) is 18.2 Å². The lowest BCUT2D eigenvalue weighted by atomic mass is 10.2. The lowest BCUT2D eigenvalue weighted by Gasteiger charge is -2.14. The molecule has 25 heavy (non-hydrogen) atoms. The van der Waals surface area contributed by atoms with Gasteiger partial charge in [-0.25, -0.2) is 14.2 Å². The molecule has 2 rings (SSSR count). The maximum atomic E-state index is 13.7. The fraction of sp³-hybridized carbons (Fsp3) is 0.200. The molecule has 0 N–H and O–H groups in total. The first-order valence-corrected chi connectivity index (χ1v) is 6.54. The summed E-state index contributed by atoms with van der Waals surface area (Å²) in [6.45, 7) is 0. The predicted molar refractivity (Wildman–Crippen MR) is 73.6 cm³/mol. The molecule has 0 atom stereocenters. The number of rotatable bonds is 4. The van der Waals surface area contributed by atoms with Crippen molar-refractivity contribution in [2.45, 2.75) is 6.18 Å². The number of esters is 1. The van der Waals surface area contributed by atoms with E-state index in [4.69, 9.17) is 4.74 Å². The second-order valence-electron chi connectivity index (χ2n) is 4.55. The molecule has 5 nitrogen and oxygen atoms in total. The van der Waals surface area contributed by atoms with Gasteiger partial charge in [0.2, 0.25) is 11.6 Å². The number of halogens is 5. The highest BCUT2D eigenvalue weighted by Gasteiger charge is 2.34. The molecule has 2 aromatic rings. The van der Waals surface area contributed by atoms with E-state index in [1.165, 1.54) is 0 Å². The molecule has 0 saturated carbocycles. The minimum atomic E-state index is -4.80. The van der Waals surface area contributed by atoms with Crippen LogP contribution < -0.4 is 9.47 Å². The first-order valence-electron chi connectivity index (χ1n) is 6.54. The minimum Gasteiger partial charge on any atom is -0.490 e. The summed E-state index contributed by atoms with van der Waals surface area (Å²) in [5.74, 6) is -5.17. The molecule has 1 aromatic carbocycles. The molecule has 0 spiro atoms. The number of alkyl halides is 3. The van der Waals surface area contributed by atoms with Crippen LogP contribution in [0.15, 0.2) is 24.4 Å². The van der Waals surface area contributed by atoms with Gasteiger partial charge in [0, 0.05) is 0 Å². The SMILES string of the molecule is COC(=O)c1cc(C(F)(F)F)ncc1Oc1ccc(F)c(F)c1OC. The molecule has 0 saturated heterocycles. The largest absolute Gasteiger partial charge is 0.490 e. The molecule has 0 aliphatic rings. The smallest absolute Gasteiger partial charge is 0.433 e. The van der Waals surface area contributed by atoms with Gasteiger partial charge in [0.05, 0.1) is 20.4 Å². The molecular weight excluding hydrogens is 353 g/mol. The average molecular weight is 363 g/mol. The second kappa shape index (κ2) is 6.91. The van der Waals surface area contributed by atoms with E-state index in [1.807, 2.05) is 0 Å². The van der Waals surface area contributed by atoms with Crippen LogP contribution in [0.4, 0.5) is 22.0 Å². The van der Waals surface area contributed by atoms with Crippen LogP contribution in [0, 0.1) is 11.6 Å². The Hall–Kier alpha value is -2.91. The molecule has 10 heteroatoms. The zero-order valence-electron chi connectivity index (χ0n) is 12.8. The van der Waals surface area contributed by atoms with E-state index < -0.39 is 46.5 Å². The standard InChI is InChI=1S/C15H10F5NO4/c1-23-13-9(4-3-8(16)12(13)17)25-10-6-21-11(15(18,19)20)5-7(10)14(22)24-2/h3-6H,1-2H3. The van der Waals surface area contributed by atoms with Gasteiger partial charge in [-0.15, -0.1) is 0 Å². The molecule has 0 fully saturated rings. The maximum absolute atomic E-state index is 13.7. The zero-order chi connectivity index (χ0) is 18.8. The molecule has 134 valence electrons. The Balaban J connectivity index is 2.53. The Labute approximate surface area is 137 Å². The number of methoxy groups -OCH3 is 2. The molecule has 0 amide bonds. The summed E-state index contributed by atoms with van der Waals surface area (Å²) in [4.78, 5) is 14.9. The van der Waals surface area contributed by atoms with Gasteiger partial charge in [0.15, 0.2) is 17.3 Å². The van der Waals surface area contributed by atoms with Gasteiger partial charge in [-0.1, -0.05) is 0 Å². The molecule has 0 unspecified atom stereocenters. The van der Waals surface area contributed by atoms with Crippen molar-refractivity contribution in [3.8, 4) is 17.2 Å². The highest BCUT2D eigenvalue weighted by Crippen LogP contribution is 2.37. The predicted octanol–water partition coefficient (Wildman–Crippen LogP) is 3.97. The fourth-order valence-electron chi connectivity index (χ4n) is 1.85. The van der Waals surface area contributed by atoms with Crippen LogP contribution in [-0.2, 0) is 10.9 Å². The van der Waals surface area contributed by atoms with Gasteiger partial charge in [0.25, 0.3) is 0 Å². The fourth-order valence-corrected chi connectivity index (χ4v) is 1.85. The number of carbonyl (C=O) groups excluding carboxylic acids is 1. The lowest BCUT2D eigenvalue weighted by Crippen LogP contribution is -2.12. The van der Waals surface area contributed by atoms with Crippen LogP contribution >= 0.6 is 0 Å². The number of hydrogen-bond acceptors (Lipinski definition) is 5. The van der Waals surface area contributed by atoms with Crippen molar-refractivity contribution in [1.29, 1.82) is 0 Å². The van der Waals surface area contributed by atoms with Crippen molar-refractivity contribution in [3.05, 3.63) is 47.3 Å². The number of hydrogen-bond donors (Lipinski definition) is 0. The van der Waals surface area contributed by atoms with E-state index in [-0.39, 0.29) is 5.75 Å². The van der Waals surface area contributed by atoms with E-state index in [1.54, 1.807) is 0 Å². The van der Waals surface area contributed by atoms with E-state index in [2.05, 4.69) is 14.5 Å². The number of aromatic nitrogens is 1. The molecule has 0 bridgehead atoms. The summed E-state index contributed by atoms with van der Waals surface area (Å²) in [5, 5.41) is 0. The van der Waals surface area contributed by atoms with Crippen LogP contribution in [0.1, 0.15) is 16.1 Å². The summed E-state index contributed by atoms with van der Waals surface area (Å²) in [6.07, 6.45) is -4.18. The minimum absolute atomic E-state index is 0.367. The Kier molecular flexibility index (Phi) is 5.10. The van der Waals surface area contributed by atoms with Gasteiger partial charge in [-0.2, -0.15) is 17.6 Å². The number of carbonyl (C=O) groups is 1. The summed E-state index contributed by atoms with van der Waals surface area (Å²) in [6, 6.07) is 2.13. The summed E-state index contributed by atoms with van der Waals surface area (Å²) in [5.41, 5.74) is -1.95. The molecular formula is C15H10F5NO4. The molecule has 0 aliphatic carbocycles. The first kappa shape index (κ1) is 18.4. The van der Waals surface area contributed by atoms with Gasteiger partial charge in [-0.3, -0.25) is 0 Å². The van der Waals surface area contributed by atoms with E-state index in [9.17, 15) is 26.7 Å².